The molecule has 0 fully saturated rings. The summed E-state index contributed by atoms with van der Waals surface area (Å²) in [6, 6.07) is 17.7. The van der Waals surface area contributed by atoms with Gasteiger partial charge in [0.15, 0.2) is 0 Å². The molecular formula is C24H31NOS. The second-order valence-corrected chi connectivity index (χ2v) is 8.42. The molecule has 0 spiro atoms. The van der Waals surface area contributed by atoms with Crippen LogP contribution in [0.5, 0.6) is 5.75 Å². The quantitative estimate of drug-likeness (QED) is 0.489. The highest BCUT2D eigenvalue weighted by atomic mass is 32.2. The first-order chi connectivity index (χ1) is 13.1. The lowest BCUT2D eigenvalue weighted by molar-refractivity contribution is 0.242. The molecule has 3 rings (SSSR count). The molecule has 0 N–H and O–H groups in total. The maximum atomic E-state index is 6.00. The Hall–Kier alpha value is -1.71. The van der Waals surface area contributed by atoms with Crippen molar-refractivity contribution < 1.29 is 4.74 Å². The molecule has 0 saturated heterocycles. The fourth-order valence-electron chi connectivity index (χ4n) is 3.42. The van der Waals surface area contributed by atoms with Crippen molar-refractivity contribution in [2.75, 3.05) is 6.54 Å². The normalized spacial score (nSPS) is 17.4. The van der Waals surface area contributed by atoms with Crippen LogP contribution in [0.15, 0.2) is 59.5 Å². The second-order valence-electron chi connectivity index (χ2n) is 7.33. The third-order valence-corrected chi connectivity index (χ3v) is 6.03. The molecule has 1 unspecified atom stereocenters. The van der Waals surface area contributed by atoms with Crippen LogP contribution in [0.4, 0.5) is 0 Å². The van der Waals surface area contributed by atoms with Crippen molar-refractivity contribution >= 4 is 17.5 Å². The predicted molar refractivity (Wildman–Crippen MR) is 117 cm³/mol. The minimum absolute atomic E-state index is 0.176. The zero-order valence-corrected chi connectivity index (χ0v) is 17.8. The number of hydrogen-bond donors (Lipinski definition) is 0. The van der Waals surface area contributed by atoms with Crippen molar-refractivity contribution in [1.82, 2.24) is 4.31 Å². The van der Waals surface area contributed by atoms with Gasteiger partial charge in [0, 0.05) is 23.0 Å². The van der Waals surface area contributed by atoms with E-state index >= 15 is 0 Å². The highest BCUT2D eigenvalue weighted by Crippen LogP contribution is 2.41. The Kier molecular flexibility index (Phi) is 7.03. The Morgan fingerprint density at radius 2 is 1.85 bits per heavy atom. The first kappa shape index (κ1) is 20.0. The lowest BCUT2D eigenvalue weighted by atomic mass is 9.95. The summed E-state index contributed by atoms with van der Waals surface area (Å²) in [4.78, 5) is 1.31. The van der Waals surface area contributed by atoms with Crippen LogP contribution in [-0.4, -0.2) is 23.0 Å². The Morgan fingerprint density at radius 3 is 2.52 bits per heavy atom. The Morgan fingerprint density at radius 1 is 1.07 bits per heavy atom. The molecule has 0 aliphatic carbocycles. The van der Waals surface area contributed by atoms with Crippen molar-refractivity contribution in [2.24, 2.45) is 0 Å². The first-order valence-electron chi connectivity index (χ1n) is 10.1. The first-order valence-corrected chi connectivity index (χ1v) is 10.9. The third kappa shape index (κ3) is 4.97. The number of ether oxygens (including phenoxy) is 1. The fraction of sp³-hybridized carbons (Fsp3) is 0.417. The molecule has 2 aromatic carbocycles. The predicted octanol–water partition coefficient (Wildman–Crippen LogP) is 6.81. The Bertz CT molecular complexity index is 769. The topological polar surface area (TPSA) is 12.5 Å². The van der Waals surface area contributed by atoms with Gasteiger partial charge < -0.3 is 4.74 Å². The van der Waals surface area contributed by atoms with E-state index in [9.17, 15) is 0 Å². The molecule has 0 saturated carbocycles. The summed E-state index contributed by atoms with van der Waals surface area (Å²) < 4.78 is 8.56. The summed E-state index contributed by atoms with van der Waals surface area (Å²) in [7, 11) is 0. The molecule has 0 bridgehead atoms. The zero-order chi connectivity index (χ0) is 19.2. The molecule has 1 heterocycles. The SMILES string of the molecule is CCCCN1Sc2ccc(OC(C)C)cc2C(c2ccccc2)=CC1CC. The van der Waals surface area contributed by atoms with Crippen LogP contribution in [0.25, 0.3) is 5.57 Å². The molecule has 1 aliphatic rings. The van der Waals surface area contributed by atoms with Gasteiger partial charge in [-0.3, -0.25) is 0 Å². The maximum absolute atomic E-state index is 6.00. The van der Waals surface area contributed by atoms with Crippen LogP contribution in [0.1, 0.15) is 58.1 Å². The van der Waals surface area contributed by atoms with Gasteiger partial charge in [-0.15, -0.1) is 0 Å². The van der Waals surface area contributed by atoms with Gasteiger partial charge in [-0.05, 0) is 68.0 Å². The highest BCUT2D eigenvalue weighted by Gasteiger charge is 2.24. The Labute approximate surface area is 168 Å². The number of benzene rings is 2. The van der Waals surface area contributed by atoms with E-state index in [2.05, 4.69) is 86.6 Å². The molecular weight excluding hydrogens is 350 g/mol. The molecule has 144 valence electrons. The lowest BCUT2D eigenvalue weighted by Crippen LogP contribution is -2.27. The summed E-state index contributed by atoms with van der Waals surface area (Å²) in [5.41, 5.74) is 3.87. The monoisotopic (exact) mass is 381 g/mol. The molecule has 2 nitrogen and oxygen atoms in total. The van der Waals surface area contributed by atoms with Gasteiger partial charge in [0.2, 0.25) is 0 Å². The number of unbranched alkanes of at least 4 members (excludes halogenated alkanes) is 1. The molecule has 3 heteroatoms. The largest absolute Gasteiger partial charge is 0.491 e. The van der Waals surface area contributed by atoms with E-state index in [-0.39, 0.29) is 6.10 Å². The number of hydrogen-bond acceptors (Lipinski definition) is 3. The van der Waals surface area contributed by atoms with E-state index < -0.39 is 0 Å². The Balaban J connectivity index is 2.09. The average molecular weight is 382 g/mol. The molecule has 27 heavy (non-hydrogen) atoms. The molecule has 2 aromatic rings. The summed E-state index contributed by atoms with van der Waals surface area (Å²) in [5.74, 6) is 0.946. The standard InChI is InChI=1S/C24H31NOS/c1-5-7-15-25-20(6-2)16-22(19-11-9-8-10-12-19)23-17-21(26-18(3)4)13-14-24(23)27-25/h8-14,16-18,20H,5-7,15H2,1-4H3. The van der Waals surface area contributed by atoms with Crippen LogP contribution in [0.2, 0.25) is 0 Å². The van der Waals surface area contributed by atoms with Crippen LogP contribution < -0.4 is 4.74 Å². The second kappa shape index (κ2) is 9.48. The molecule has 0 radical (unpaired) electrons. The van der Waals surface area contributed by atoms with Crippen molar-refractivity contribution in [3.63, 3.8) is 0 Å². The van der Waals surface area contributed by atoms with E-state index in [1.54, 1.807) is 0 Å². The molecule has 0 aromatic heterocycles. The van der Waals surface area contributed by atoms with Crippen LogP contribution >= 0.6 is 11.9 Å². The number of nitrogens with zero attached hydrogens (tertiary/aromatic N) is 1. The summed E-state index contributed by atoms with van der Waals surface area (Å²) in [6.07, 6.45) is 6.19. The van der Waals surface area contributed by atoms with Crippen molar-refractivity contribution in [3.8, 4) is 5.75 Å². The smallest absolute Gasteiger partial charge is 0.120 e. The van der Waals surface area contributed by atoms with Crippen LogP contribution in [0, 0.1) is 0 Å². The van der Waals surface area contributed by atoms with Crippen molar-refractivity contribution in [1.29, 1.82) is 0 Å². The fourth-order valence-corrected chi connectivity index (χ4v) is 4.63. The molecule has 1 atom stereocenters. The van der Waals surface area contributed by atoms with E-state index in [0.29, 0.717) is 6.04 Å². The van der Waals surface area contributed by atoms with Crippen LogP contribution in [0.3, 0.4) is 0 Å². The number of fused-ring (bicyclic) bond motifs is 1. The lowest BCUT2D eigenvalue weighted by Gasteiger charge is -2.26. The van der Waals surface area contributed by atoms with Crippen molar-refractivity contribution in [3.05, 3.63) is 65.7 Å². The van der Waals surface area contributed by atoms with Gasteiger partial charge in [-0.2, -0.15) is 0 Å². The van der Waals surface area contributed by atoms with E-state index in [4.69, 9.17) is 4.74 Å². The van der Waals surface area contributed by atoms with Gasteiger partial charge in [-0.25, -0.2) is 4.31 Å². The van der Waals surface area contributed by atoms with Gasteiger partial charge in [0.05, 0.1) is 6.10 Å². The highest BCUT2D eigenvalue weighted by molar-refractivity contribution is 7.97. The van der Waals surface area contributed by atoms with Gasteiger partial charge >= 0.3 is 0 Å². The van der Waals surface area contributed by atoms with Gasteiger partial charge in [0.25, 0.3) is 0 Å². The minimum Gasteiger partial charge on any atom is -0.491 e. The van der Waals surface area contributed by atoms with E-state index in [1.807, 2.05) is 11.9 Å². The number of rotatable bonds is 7. The zero-order valence-electron chi connectivity index (χ0n) is 16.9. The van der Waals surface area contributed by atoms with E-state index in [0.717, 1.165) is 18.7 Å². The molecule has 0 amide bonds. The average Bonchev–Trinajstić information content (AvgIpc) is 2.83. The minimum atomic E-state index is 0.176. The summed E-state index contributed by atoms with van der Waals surface area (Å²) in [6.45, 7) is 9.81. The third-order valence-electron chi connectivity index (χ3n) is 4.79. The molecule has 1 aliphatic heterocycles. The van der Waals surface area contributed by atoms with Crippen LogP contribution in [-0.2, 0) is 0 Å². The van der Waals surface area contributed by atoms with Gasteiger partial charge in [0.1, 0.15) is 5.75 Å². The maximum Gasteiger partial charge on any atom is 0.120 e. The van der Waals surface area contributed by atoms with Gasteiger partial charge in [-0.1, -0.05) is 56.7 Å². The van der Waals surface area contributed by atoms with E-state index in [1.165, 1.54) is 34.4 Å². The summed E-state index contributed by atoms with van der Waals surface area (Å²) >= 11 is 1.90. The summed E-state index contributed by atoms with van der Waals surface area (Å²) in [5, 5.41) is 0. The van der Waals surface area contributed by atoms with Crippen molar-refractivity contribution in [2.45, 2.75) is 64.0 Å².